The maximum atomic E-state index is 10.2. The van der Waals surface area contributed by atoms with Gasteiger partial charge in [-0.1, -0.05) is 6.92 Å². The van der Waals surface area contributed by atoms with Gasteiger partial charge in [0.1, 0.15) is 0 Å². The number of nitrogens with two attached hydrogens (primary N) is 2. The van der Waals surface area contributed by atoms with Gasteiger partial charge in [-0.3, -0.25) is 9.63 Å². The summed E-state index contributed by atoms with van der Waals surface area (Å²) in [5.41, 5.74) is 4.81. The number of rotatable bonds is 3. The molecule has 4 heteroatoms. The van der Waals surface area contributed by atoms with Gasteiger partial charge >= 0.3 is 0 Å². The lowest BCUT2D eigenvalue weighted by Crippen LogP contribution is -2.32. The summed E-state index contributed by atoms with van der Waals surface area (Å²) in [6.07, 6.45) is -0.110. The van der Waals surface area contributed by atoms with Crippen LogP contribution in [-0.4, -0.2) is 12.0 Å². The highest BCUT2D eigenvalue weighted by molar-refractivity contribution is 5.78. The molecule has 0 aliphatic carbocycles. The highest BCUT2D eigenvalue weighted by atomic mass is 16.6. The molecule has 0 aromatic carbocycles. The van der Waals surface area contributed by atoms with Crippen molar-refractivity contribution in [2.45, 2.75) is 19.4 Å². The van der Waals surface area contributed by atoms with Crippen LogP contribution in [0, 0.1) is 0 Å². The van der Waals surface area contributed by atoms with E-state index in [4.69, 9.17) is 5.73 Å². The van der Waals surface area contributed by atoms with Gasteiger partial charge in [0.05, 0.1) is 0 Å². The SMILES string of the molecule is CCC(ON)C(N)=O. The second-order valence-electron chi connectivity index (χ2n) is 1.44. The van der Waals surface area contributed by atoms with Gasteiger partial charge in [0.15, 0.2) is 6.10 Å². The molecule has 0 saturated heterocycles. The summed E-state index contributed by atoms with van der Waals surface area (Å²) in [6, 6.07) is 0. The van der Waals surface area contributed by atoms with Crippen LogP contribution in [0.3, 0.4) is 0 Å². The minimum Gasteiger partial charge on any atom is -0.367 e. The van der Waals surface area contributed by atoms with Crippen molar-refractivity contribution >= 4 is 5.91 Å². The Bertz CT molecular complexity index is 80.1. The normalized spacial score (nSPS) is 13.2. The summed E-state index contributed by atoms with van der Waals surface area (Å²) in [4.78, 5) is 14.4. The lowest BCUT2D eigenvalue weighted by molar-refractivity contribution is -0.129. The van der Waals surface area contributed by atoms with E-state index in [1.54, 1.807) is 6.92 Å². The number of carbonyl (C=O) groups excluding carboxylic acids is 1. The van der Waals surface area contributed by atoms with Crippen molar-refractivity contribution in [3.8, 4) is 0 Å². The maximum absolute atomic E-state index is 10.2. The van der Waals surface area contributed by atoms with Crippen LogP contribution in [0.4, 0.5) is 0 Å². The second-order valence-corrected chi connectivity index (χ2v) is 1.44. The Morgan fingerprint density at radius 2 is 2.38 bits per heavy atom. The fraction of sp³-hybridized carbons (Fsp3) is 0.750. The Kier molecular flexibility index (Phi) is 3.14. The lowest BCUT2D eigenvalue weighted by atomic mass is 10.3. The molecule has 8 heavy (non-hydrogen) atoms. The molecular formula is C4H10N2O2. The van der Waals surface area contributed by atoms with Gasteiger partial charge in [0.2, 0.25) is 5.91 Å². The molecule has 0 fully saturated rings. The minimum atomic E-state index is -0.630. The molecule has 0 aromatic heterocycles. The average Bonchev–Trinajstić information content (AvgIpc) is 1.69. The summed E-state index contributed by atoms with van der Waals surface area (Å²) in [7, 11) is 0. The average molecular weight is 118 g/mol. The summed E-state index contributed by atoms with van der Waals surface area (Å²) in [6.45, 7) is 1.77. The van der Waals surface area contributed by atoms with E-state index in [1.807, 2.05) is 0 Å². The fourth-order valence-electron chi connectivity index (χ4n) is 0.364. The Balaban J connectivity index is 3.52. The Labute approximate surface area is 47.7 Å². The zero-order valence-corrected chi connectivity index (χ0v) is 4.76. The Morgan fingerprint density at radius 1 is 1.88 bits per heavy atom. The number of hydrogen-bond acceptors (Lipinski definition) is 3. The smallest absolute Gasteiger partial charge is 0.248 e. The molecule has 4 N–H and O–H groups in total. The molecule has 0 spiro atoms. The molecule has 0 radical (unpaired) electrons. The molecule has 0 bridgehead atoms. The van der Waals surface area contributed by atoms with E-state index in [-0.39, 0.29) is 0 Å². The predicted molar refractivity (Wildman–Crippen MR) is 28.5 cm³/mol. The monoisotopic (exact) mass is 118 g/mol. The third-order valence-corrected chi connectivity index (χ3v) is 0.852. The van der Waals surface area contributed by atoms with Crippen molar-refractivity contribution in [2.75, 3.05) is 0 Å². The predicted octanol–water partition coefficient (Wildman–Crippen LogP) is -0.859. The van der Waals surface area contributed by atoms with Crippen LogP contribution < -0.4 is 11.6 Å². The van der Waals surface area contributed by atoms with Crippen LogP contribution in [-0.2, 0) is 9.63 Å². The van der Waals surface area contributed by atoms with Crippen LogP contribution in [0.1, 0.15) is 13.3 Å². The minimum absolute atomic E-state index is 0.519. The van der Waals surface area contributed by atoms with Crippen LogP contribution >= 0.6 is 0 Å². The van der Waals surface area contributed by atoms with Gasteiger partial charge in [-0.05, 0) is 6.42 Å². The van der Waals surface area contributed by atoms with Gasteiger partial charge in [-0.15, -0.1) is 0 Å². The van der Waals surface area contributed by atoms with E-state index in [0.717, 1.165) is 0 Å². The molecule has 1 unspecified atom stereocenters. The molecule has 0 saturated carbocycles. The number of amides is 1. The van der Waals surface area contributed by atoms with E-state index >= 15 is 0 Å². The number of primary amides is 1. The maximum Gasteiger partial charge on any atom is 0.248 e. The molecular weight excluding hydrogens is 108 g/mol. The topological polar surface area (TPSA) is 78.3 Å². The van der Waals surface area contributed by atoms with Crippen LogP contribution in [0.2, 0.25) is 0 Å². The van der Waals surface area contributed by atoms with Gasteiger partial charge in [-0.25, -0.2) is 5.90 Å². The van der Waals surface area contributed by atoms with Crippen molar-refractivity contribution in [1.29, 1.82) is 0 Å². The number of hydrogen-bond donors (Lipinski definition) is 2. The molecule has 48 valence electrons. The van der Waals surface area contributed by atoms with E-state index < -0.39 is 12.0 Å². The molecule has 0 rings (SSSR count). The van der Waals surface area contributed by atoms with Gasteiger partial charge in [-0.2, -0.15) is 0 Å². The molecule has 1 amide bonds. The van der Waals surface area contributed by atoms with Crippen LogP contribution in [0.5, 0.6) is 0 Å². The molecule has 0 aliphatic heterocycles. The van der Waals surface area contributed by atoms with Gasteiger partial charge in [0, 0.05) is 0 Å². The van der Waals surface area contributed by atoms with E-state index in [1.165, 1.54) is 0 Å². The summed E-state index contributed by atoms with van der Waals surface area (Å²) in [5.74, 6) is 4.16. The summed E-state index contributed by atoms with van der Waals surface area (Å²) in [5, 5.41) is 0. The van der Waals surface area contributed by atoms with Crippen molar-refractivity contribution in [3.63, 3.8) is 0 Å². The van der Waals surface area contributed by atoms with Crippen molar-refractivity contribution < 1.29 is 9.63 Å². The standard InChI is InChI=1S/C4H10N2O2/c1-2-3(8-6)4(5)7/h3H,2,6H2,1H3,(H2,5,7). The van der Waals surface area contributed by atoms with Crippen molar-refractivity contribution in [1.82, 2.24) is 0 Å². The van der Waals surface area contributed by atoms with Crippen molar-refractivity contribution in [3.05, 3.63) is 0 Å². The first-order valence-corrected chi connectivity index (χ1v) is 2.37. The zero-order valence-electron chi connectivity index (χ0n) is 4.76. The summed E-state index contributed by atoms with van der Waals surface area (Å²) >= 11 is 0. The third-order valence-electron chi connectivity index (χ3n) is 0.852. The third kappa shape index (κ3) is 1.90. The first kappa shape index (κ1) is 7.39. The Morgan fingerprint density at radius 3 is 2.38 bits per heavy atom. The van der Waals surface area contributed by atoms with Gasteiger partial charge < -0.3 is 5.73 Å². The first-order valence-electron chi connectivity index (χ1n) is 2.37. The fourth-order valence-corrected chi connectivity index (χ4v) is 0.364. The Hall–Kier alpha value is -0.610. The molecule has 1 atom stereocenters. The van der Waals surface area contributed by atoms with Crippen LogP contribution in [0.25, 0.3) is 0 Å². The molecule has 0 aromatic rings. The van der Waals surface area contributed by atoms with Gasteiger partial charge in [0.25, 0.3) is 0 Å². The second kappa shape index (κ2) is 3.40. The first-order chi connectivity index (χ1) is 3.72. The quantitative estimate of drug-likeness (QED) is 0.473. The molecule has 4 nitrogen and oxygen atoms in total. The number of carbonyl (C=O) groups is 1. The van der Waals surface area contributed by atoms with Crippen LogP contribution in [0.15, 0.2) is 0 Å². The van der Waals surface area contributed by atoms with Crippen molar-refractivity contribution in [2.24, 2.45) is 11.6 Å². The largest absolute Gasteiger partial charge is 0.367 e. The zero-order chi connectivity index (χ0) is 6.57. The van der Waals surface area contributed by atoms with E-state index in [9.17, 15) is 4.79 Å². The lowest BCUT2D eigenvalue weighted by Gasteiger charge is -2.04. The molecule has 0 aliphatic rings. The summed E-state index contributed by atoms with van der Waals surface area (Å²) < 4.78 is 0. The highest BCUT2D eigenvalue weighted by Crippen LogP contribution is 1.90. The van der Waals surface area contributed by atoms with E-state index in [0.29, 0.717) is 6.42 Å². The molecule has 0 heterocycles. The van der Waals surface area contributed by atoms with E-state index in [2.05, 4.69) is 10.7 Å². The highest BCUT2D eigenvalue weighted by Gasteiger charge is 2.10.